The molecule has 4 nitrogen and oxygen atoms in total. The van der Waals surface area contributed by atoms with E-state index in [1.54, 1.807) is 24.3 Å². The van der Waals surface area contributed by atoms with Crippen LogP contribution in [0.5, 0.6) is 0 Å². The van der Waals surface area contributed by atoms with Crippen LogP contribution in [0.2, 0.25) is 0 Å². The number of halogens is 1. The van der Waals surface area contributed by atoms with Crippen LogP contribution >= 0.6 is 15.9 Å². The highest BCUT2D eigenvalue weighted by Gasteiger charge is 2.10. The van der Waals surface area contributed by atoms with Gasteiger partial charge in [-0.2, -0.15) is 0 Å². The summed E-state index contributed by atoms with van der Waals surface area (Å²) in [6, 6.07) is 12.4. The molecule has 0 atom stereocenters. The molecule has 0 heterocycles. The van der Waals surface area contributed by atoms with E-state index >= 15 is 0 Å². The predicted octanol–water partition coefficient (Wildman–Crippen LogP) is 3.86. The molecular formula is C17H16BrNO3. The molecule has 2 aromatic carbocycles. The summed E-state index contributed by atoms with van der Waals surface area (Å²) in [6.07, 6.45) is 0. The van der Waals surface area contributed by atoms with Gasteiger partial charge in [-0.1, -0.05) is 22.0 Å². The van der Waals surface area contributed by atoms with Gasteiger partial charge in [-0.15, -0.1) is 0 Å². The zero-order chi connectivity index (χ0) is 16.1. The Balaban J connectivity index is 1.88. The summed E-state index contributed by atoms with van der Waals surface area (Å²) in [6.45, 7) is 3.65. The van der Waals surface area contributed by atoms with Gasteiger partial charge >= 0.3 is 5.97 Å². The first-order chi connectivity index (χ1) is 10.5. The van der Waals surface area contributed by atoms with Crippen molar-refractivity contribution in [3.63, 3.8) is 0 Å². The van der Waals surface area contributed by atoms with Crippen molar-refractivity contribution in [2.24, 2.45) is 0 Å². The second-order valence-electron chi connectivity index (χ2n) is 4.93. The van der Waals surface area contributed by atoms with Crippen LogP contribution < -0.4 is 5.32 Å². The molecular weight excluding hydrogens is 346 g/mol. The van der Waals surface area contributed by atoms with Crippen LogP contribution in [0.1, 0.15) is 21.5 Å². The van der Waals surface area contributed by atoms with E-state index in [4.69, 9.17) is 4.74 Å². The lowest BCUT2D eigenvalue weighted by Crippen LogP contribution is -2.21. The van der Waals surface area contributed by atoms with Crippen LogP contribution in [-0.4, -0.2) is 18.5 Å². The molecule has 0 bridgehead atoms. The number of nitrogens with one attached hydrogen (secondary N) is 1. The van der Waals surface area contributed by atoms with E-state index in [2.05, 4.69) is 21.2 Å². The van der Waals surface area contributed by atoms with Gasteiger partial charge < -0.3 is 10.1 Å². The lowest BCUT2D eigenvalue weighted by atomic mass is 10.1. The van der Waals surface area contributed by atoms with E-state index in [1.165, 1.54) is 0 Å². The zero-order valence-electron chi connectivity index (χ0n) is 12.4. The molecule has 0 spiro atoms. The molecule has 2 rings (SSSR count). The molecule has 0 fully saturated rings. The summed E-state index contributed by atoms with van der Waals surface area (Å²) in [5, 5.41) is 2.70. The Hall–Kier alpha value is -2.14. The quantitative estimate of drug-likeness (QED) is 0.841. The number of carbonyl (C=O) groups is 2. The van der Waals surface area contributed by atoms with Crippen molar-refractivity contribution < 1.29 is 14.3 Å². The summed E-state index contributed by atoms with van der Waals surface area (Å²) in [5.74, 6) is -0.892. The van der Waals surface area contributed by atoms with Crippen molar-refractivity contribution >= 4 is 33.5 Å². The topological polar surface area (TPSA) is 55.4 Å². The number of hydrogen-bond donors (Lipinski definition) is 1. The molecule has 1 N–H and O–H groups in total. The Bertz CT molecular complexity index is 696. The third-order valence-electron chi connectivity index (χ3n) is 3.20. The summed E-state index contributed by atoms with van der Waals surface area (Å²) >= 11 is 3.29. The molecule has 114 valence electrons. The SMILES string of the molecule is Cc1ccc(NC(=O)COC(=O)c2ccc(Br)cc2)cc1C. The second kappa shape index (κ2) is 7.22. The van der Waals surface area contributed by atoms with E-state index in [0.717, 1.165) is 15.6 Å². The third kappa shape index (κ3) is 4.43. The molecule has 1 amide bonds. The monoisotopic (exact) mass is 361 g/mol. The van der Waals surface area contributed by atoms with Crippen LogP contribution in [0.25, 0.3) is 0 Å². The fourth-order valence-electron chi connectivity index (χ4n) is 1.82. The number of amides is 1. The maximum absolute atomic E-state index is 11.8. The van der Waals surface area contributed by atoms with Crippen molar-refractivity contribution in [2.45, 2.75) is 13.8 Å². The molecule has 0 saturated carbocycles. The Morgan fingerprint density at radius 1 is 1.05 bits per heavy atom. The van der Waals surface area contributed by atoms with E-state index < -0.39 is 5.97 Å². The number of aryl methyl sites for hydroxylation is 2. The zero-order valence-corrected chi connectivity index (χ0v) is 13.9. The highest BCUT2D eigenvalue weighted by atomic mass is 79.9. The highest BCUT2D eigenvalue weighted by Crippen LogP contribution is 2.14. The van der Waals surface area contributed by atoms with Crippen LogP contribution in [0.15, 0.2) is 46.9 Å². The number of ether oxygens (including phenoxy) is 1. The Morgan fingerprint density at radius 3 is 2.36 bits per heavy atom. The van der Waals surface area contributed by atoms with E-state index in [1.807, 2.05) is 32.0 Å². The van der Waals surface area contributed by atoms with E-state index in [9.17, 15) is 9.59 Å². The summed E-state index contributed by atoms with van der Waals surface area (Å²) in [4.78, 5) is 23.6. The number of hydrogen-bond acceptors (Lipinski definition) is 3. The predicted molar refractivity (Wildman–Crippen MR) is 89.0 cm³/mol. The average Bonchev–Trinajstić information content (AvgIpc) is 2.49. The van der Waals surface area contributed by atoms with Gasteiger partial charge in [0, 0.05) is 10.2 Å². The minimum Gasteiger partial charge on any atom is -0.452 e. The van der Waals surface area contributed by atoms with Gasteiger partial charge in [-0.05, 0) is 61.4 Å². The van der Waals surface area contributed by atoms with Gasteiger partial charge in [0.1, 0.15) is 0 Å². The van der Waals surface area contributed by atoms with Crippen molar-refractivity contribution in [3.05, 3.63) is 63.6 Å². The van der Waals surface area contributed by atoms with Gasteiger partial charge in [0.05, 0.1) is 5.56 Å². The number of esters is 1. The minimum atomic E-state index is -0.525. The number of carbonyl (C=O) groups excluding carboxylic acids is 2. The first-order valence-corrected chi connectivity index (χ1v) is 7.55. The molecule has 0 aliphatic carbocycles. The maximum Gasteiger partial charge on any atom is 0.338 e. The smallest absolute Gasteiger partial charge is 0.338 e. The van der Waals surface area contributed by atoms with E-state index in [-0.39, 0.29) is 12.5 Å². The number of benzene rings is 2. The van der Waals surface area contributed by atoms with Crippen LogP contribution in [-0.2, 0) is 9.53 Å². The van der Waals surface area contributed by atoms with Gasteiger partial charge in [0.15, 0.2) is 6.61 Å². The molecule has 2 aromatic rings. The summed E-state index contributed by atoms with van der Waals surface area (Å²) in [5.41, 5.74) is 3.33. The summed E-state index contributed by atoms with van der Waals surface area (Å²) in [7, 11) is 0. The van der Waals surface area contributed by atoms with Crippen molar-refractivity contribution in [1.82, 2.24) is 0 Å². The molecule has 0 aromatic heterocycles. The average molecular weight is 362 g/mol. The van der Waals surface area contributed by atoms with E-state index in [0.29, 0.717) is 11.3 Å². The third-order valence-corrected chi connectivity index (χ3v) is 3.73. The Labute approximate surface area is 137 Å². The maximum atomic E-state index is 11.8. The van der Waals surface area contributed by atoms with Crippen molar-refractivity contribution in [1.29, 1.82) is 0 Å². The molecule has 5 heteroatoms. The Morgan fingerprint density at radius 2 is 1.73 bits per heavy atom. The Kier molecular flexibility index (Phi) is 5.33. The molecule has 0 unspecified atom stereocenters. The summed E-state index contributed by atoms with van der Waals surface area (Å²) < 4.78 is 5.86. The lowest BCUT2D eigenvalue weighted by molar-refractivity contribution is -0.119. The first kappa shape index (κ1) is 16.2. The van der Waals surface area contributed by atoms with Gasteiger partial charge in [0.2, 0.25) is 0 Å². The van der Waals surface area contributed by atoms with Crippen LogP contribution in [0, 0.1) is 13.8 Å². The molecule has 0 aliphatic rings. The number of rotatable bonds is 4. The fourth-order valence-corrected chi connectivity index (χ4v) is 2.08. The molecule has 0 aliphatic heterocycles. The van der Waals surface area contributed by atoms with Gasteiger partial charge in [-0.25, -0.2) is 4.79 Å². The van der Waals surface area contributed by atoms with Gasteiger partial charge in [-0.3, -0.25) is 4.79 Å². The fraction of sp³-hybridized carbons (Fsp3) is 0.176. The van der Waals surface area contributed by atoms with Crippen molar-refractivity contribution in [3.8, 4) is 0 Å². The van der Waals surface area contributed by atoms with Crippen molar-refractivity contribution in [2.75, 3.05) is 11.9 Å². The largest absolute Gasteiger partial charge is 0.452 e. The van der Waals surface area contributed by atoms with Gasteiger partial charge in [0.25, 0.3) is 5.91 Å². The molecule has 0 saturated heterocycles. The first-order valence-electron chi connectivity index (χ1n) is 6.75. The molecule has 0 radical (unpaired) electrons. The highest BCUT2D eigenvalue weighted by molar-refractivity contribution is 9.10. The lowest BCUT2D eigenvalue weighted by Gasteiger charge is -2.08. The minimum absolute atomic E-state index is 0.318. The molecule has 22 heavy (non-hydrogen) atoms. The van der Waals surface area contributed by atoms with Crippen LogP contribution in [0.4, 0.5) is 5.69 Å². The van der Waals surface area contributed by atoms with Crippen LogP contribution in [0.3, 0.4) is 0 Å². The normalized spacial score (nSPS) is 10.1. The number of anilines is 1. The second-order valence-corrected chi connectivity index (χ2v) is 5.85. The standard InChI is InChI=1S/C17H16BrNO3/c1-11-3-8-15(9-12(11)2)19-16(20)10-22-17(21)13-4-6-14(18)7-5-13/h3-9H,10H2,1-2H3,(H,19,20).